The molecule has 1 aliphatic carbocycles. The van der Waals surface area contributed by atoms with Crippen LogP contribution in [0.25, 0.3) is 0 Å². The third-order valence-corrected chi connectivity index (χ3v) is 2.70. The Kier molecular flexibility index (Phi) is 3.76. The highest BCUT2D eigenvalue weighted by molar-refractivity contribution is 5.77. The second-order valence-electron chi connectivity index (χ2n) is 4.32. The molecule has 0 atom stereocenters. The lowest BCUT2D eigenvalue weighted by Gasteiger charge is -2.06. The van der Waals surface area contributed by atoms with E-state index < -0.39 is 4.92 Å². The maximum Gasteiger partial charge on any atom is 0.269 e. The molecule has 0 saturated heterocycles. The van der Waals surface area contributed by atoms with E-state index in [0.717, 1.165) is 18.5 Å². The van der Waals surface area contributed by atoms with Crippen molar-refractivity contribution in [3.05, 3.63) is 34.4 Å². The number of carbonyl (C=O) groups is 1. The lowest BCUT2D eigenvalue weighted by Crippen LogP contribution is -2.27. The molecule has 1 aromatic rings. The van der Waals surface area contributed by atoms with Gasteiger partial charge in [-0.2, -0.15) is 0 Å². The van der Waals surface area contributed by atoms with Crippen molar-refractivity contribution in [3.63, 3.8) is 0 Å². The lowest BCUT2D eigenvalue weighted by atomic mass is 10.3. The molecular formula is C12H15N3O3. The fourth-order valence-corrected chi connectivity index (χ4v) is 1.55. The third kappa shape index (κ3) is 3.73. The van der Waals surface area contributed by atoms with Crippen LogP contribution in [0.5, 0.6) is 0 Å². The van der Waals surface area contributed by atoms with Crippen LogP contribution in [0.2, 0.25) is 0 Å². The number of nitro groups is 1. The lowest BCUT2D eigenvalue weighted by molar-refractivity contribution is -0.384. The van der Waals surface area contributed by atoms with Gasteiger partial charge in [-0.05, 0) is 25.0 Å². The smallest absolute Gasteiger partial charge is 0.269 e. The summed E-state index contributed by atoms with van der Waals surface area (Å²) < 4.78 is 0. The van der Waals surface area contributed by atoms with E-state index >= 15 is 0 Å². The molecule has 0 bridgehead atoms. The van der Waals surface area contributed by atoms with Gasteiger partial charge < -0.3 is 10.6 Å². The fraction of sp³-hybridized carbons (Fsp3) is 0.417. The zero-order chi connectivity index (χ0) is 13.0. The van der Waals surface area contributed by atoms with Crippen LogP contribution in [0.1, 0.15) is 19.3 Å². The van der Waals surface area contributed by atoms with Crippen molar-refractivity contribution in [2.45, 2.75) is 25.3 Å². The summed E-state index contributed by atoms with van der Waals surface area (Å²) in [7, 11) is 0. The number of hydrogen-bond acceptors (Lipinski definition) is 4. The molecule has 1 aromatic carbocycles. The van der Waals surface area contributed by atoms with Crippen LogP contribution in [0.15, 0.2) is 24.3 Å². The predicted octanol–water partition coefficient (Wildman–Crippen LogP) is 1.68. The van der Waals surface area contributed by atoms with Gasteiger partial charge in [-0.1, -0.05) is 0 Å². The highest BCUT2D eigenvalue weighted by atomic mass is 16.6. The molecule has 1 saturated carbocycles. The number of non-ortho nitro benzene ring substituents is 1. The summed E-state index contributed by atoms with van der Waals surface area (Å²) in [4.78, 5) is 21.4. The Bertz CT molecular complexity index is 440. The van der Waals surface area contributed by atoms with E-state index in [1.165, 1.54) is 12.1 Å². The van der Waals surface area contributed by atoms with E-state index in [9.17, 15) is 14.9 Å². The van der Waals surface area contributed by atoms with Crippen molar-refractivity contribution < 1.29 is 9.72 Å². The van der Waals surface area contributed by atoms with Crippen molar-refractivity contribution >= 4 is 17.3 Å². The molecule has 0 spiro atoms. The van der Waals surface area contributed by atoms with Gasteiger partial charge in [-0.25, -0.2) is 0 Å². The van der Waals surface area contributed by atoms with Crippen LogP contribution in [0.3, 0.4) is 0 Å². The van der Waals surface area contributed by atoms with Gasteiger partial charge in [0.1, 0.15) is 0 Å². The predicted molar refractivity (Wildman–Crippen MR) is 67.4 cm³/mol. The quantitative estimate of drug-likeness (QED) is 0.593. The summed E-state index contributed by atoms with van der Waals surface area (Å²) >= 11 is 0. The summed E-state index contributed by atoms with van der Waals surface area (Å²) in [5, 5.41) is 16.4. The number of rotatable bonds is 6. The van der Waals surface area contributed by atoms with Gasteiger partial charge in [-0.15, -0.1) is 0 Å². The highest BCUT2D eigenvalue weighted by Crippen LogP contribution is 2.18. The second-order valence-corrected chi connectivity index (χ2v) is 4.32. The van der Waals surface area contributed by atoms with Crippen LogP contribution < -0.4 is 10.6 Å². The first kappa shape index (κ1) is 12.3. The standard InChI is InChI=1S/C12H15N3O3/c16-12(14-10-1-2-10)7-8-13-9-3-5-11(6-4-9)15(17)18/h3-6,10,13H,1-2,7-8H2,(H,14,16). The highest BCUT2D eigenvalue weighted by Gasteiger charge is 2.22. The maximum absolute atomic E-state index is 11.4. The Balaban J connectivity index is 1.72. The zero-order valence-corrected chi connectivity index (χ0v) is 9.89. The molecule has 1 amide bonds. The van der Waals surface area contributed by atoms with Crippen molar-refractivity contribution in [1.82, 2.24) is 5.32 Å². The number of nitrogens with zero attached hydrogens (tertiary/aromatic N) is 1. The van der Waals surface area contributed by atoms with E-state index in [-0.39, 0.29) is 11.6 Å². The zero-order valence-electron chi connectivity index (χ0n) is 9.89. The summed E-state index contributed by atoms with van der Waals surface area (Å²) in [6.45, 7) is 0.524. The molecular weight excluding hydrogens is 234 g/mol. The number of nitro benzene ring substituents is 1. The first-order valence-corrected chi connectivity index (χ1v) is 5.93. The van der Waals surface area contributed by atoms with Crippen LogP contribution >= 0.6 is 0 Å². The normalized spacial score (nSPS) is 14.0. The summed E-state index contributed by atoms with van der Waals surface area (Å²) in [5.41, 5.74) is 0.840. The van der Waals surface area contributed by atoms with Gasteiger partial charge in [0.25, 0.3) is 5.69 Å². The summed E-state index contributed by atoms with van der Waals surface area (Å²) in [5.74, 6) is 0.0481. The largest absolute Gasteiger partial charge is 0.385 e. The van der Waals surface area contributed by atoms with Gasteiger partial charge in [-0.3, -0.25) is 14.9 Å². The third-order valence-electron chi connectivity index (χ3n) is 2.70. The molecule has 2 rings (SSSR count). The Morgan fingerprint density at radius 2 is 2.00 bits per heavy atom. The number of amides is 1. The van der Waals surface area contributed by atoms with Gasteiger partial charge in [0.15, 0.2) is 0 Å². The Labute approximate surface area is 105 Å². The van der Waals surface area contributed by atoms with Crippen molar-refractivity contribution in [1.29, 1.82) is 0 Å². The first-order chi connectivity index (χ1) is 8.65. The Hall–Kier alpha value is -2.11. The SMILES string of the molecule is O=C(CCNc1ccc([N+](=O)[O-])cc1)NC1CC1. The molecule has 0 radical (unpaired) electrons. The summed E-state index contributed by atoms with van der Waals surface area (Å²) in [6, 6.07) is 6.53. The molecule has 6 heteroatoms. The van der Waals surface area contributed by atoms with E-state index in [4.69, 9.17) is 0 Å². The van der Waals surface area contributed by atoms with Crippen LogP contribution in [0, 0.1) is 10.1 Å². The van der Waals surface area contributed by atoms with E-state index in [1.807, 2.05) is 0 Å². The molecule has 0 aromatic heterocycles. The number of anilines is 1. The van der Waals surface area contributed by atoms with E-state index in [0.29, 0.717) is 19.0 Å². The molecule has 6 nitrogen and oxygen atoms in total. The van der Waals surface area contributed by atoms with Gasteiger partial charge in [0.05, 0.1) is 4.92 Å². The Morgan fingerprint density at radius 1 is 1.33 bits per heavy atom. The minimum atomic E-state index is -0.438. The number of carbonyl (C=O) groups excluding carboxylic acids is 1. The summed E-state index contributed by atoms with van der Waals surface area (Å²) in [6.07, 6.45) is 2.58. The second kappa shape index (κ2) is 5.48. The topological polar surface area (TPSA) is 84.3 Å². The molecule has 0 aliphatic heterocycles. The van der Waals surface area contributed by atoms with E-state index in [1.54, 1.807) is 12.1 Å². The maximum atomic E-state index is 11.4. The molecule has 2 N–H and O–H groups in total. The Morgan fingerprint density at radius 3 is 2.56 bits per heavy atom. The molecule has 1 aliphatic rings. The van der Waals surface area contributed by atoms with Gasteiger partial charge >= 0.3 is 0 Å². The van der Waals surface area contributed by atoms with Crippen molar-refractivity contribution in [2.24, 2.45) is 0 Å². The number of benzene rings is 1. The minimum Gasteiger partial charge on any atom is -0.385 e. The number of hydrogen-bond donors (Lipinski definition) is 2. The average molecular weight is 249 g/mol. The minimum absolute atomic E-state index is 0.0481. The van der Waals surface area contributed by atoms with Crippen molar-refractivity contribution in [3.8, 4) is 0 Å². The van der Waals surface area contributed by atoms with E-state index in [2.05, 4.69) is 10.6 Å². The molecule has 18 heavy (non-hydrogen) atoms. The van der Waals surface area contributed by atoms with Crippen LogP contribution in [-0.4, -0.2) is 23.4 Å². The van der Waals surface area contributed by atoms with Gasteiger partial charge in [0, 0.05) is 36.8 Å². The number of nitrogens with one attached hydrogen (secondary N) is 2. The first-order valence-electron chi connectivity index (χ1n) is 5.93. The molecule has 0 heterocycles. The average Bonchev–Trinajstić information content (AvgIpc) is 3.13. The fourth-order valence-electron chi connectivity index (χ4n) is 1.55. The molecule has 0 unspecified atom stereocenters. The van der Waals surface area contributed by atoms with Gasteiger partial charge in [0.2, 0.25) is 5.91 Å². The van der Waals surface area contributed by atoms with Crippen molar-refractivity contribution in [2.75, 3.05) is 11.9 Å². The molecule has 1 fully saturated rings. The van der Waals surface area contributed by atoms with Crippen LogP contribution in [0.4, 0.5) is 11.4 Å². The monoisotopic (exact) mass is 249 g/mol. The molecule has 96 valence electrons. The van der Waals surface area contributed by atoms with Crippen LogP contribution in [-0.2, 0) is 4.79 Å².